The lowest BCUT2D eigenvalue weighted by Gasteiger charge is -2.21. The smallest absolute Gasteiger partial charge is 0.190 e. The van der Waals surface area contributed by atoms with Crippen LogP contribution >= 0.6 is 22.9 Å². The molecule has 0 fully saturated rings. The van der Waals surface area contributed by atoms with E-state index in [0.29, 0.717) is 5.88 Å². The van der Waals surface area contributed by atoms with E-state index in [1.165, 1.54) is 18.5 Å². The van der Waals surface area contributed by atoms with Crippen LogP contribution in [0.3, 0.4) is 0 Å². The molecule has 19 heavy (non-hydrogen) atoms. The number of hydrogen-bond acceptors (Lipinski definition) is 3. The predicted molar refractivity (Wildman–Crippen MR) is 84.9 cm³/mol. The highest BCUT2D eigenvalue weighted by atomic mass is 35.5. The third-order valence-electron chi connectivity index (χ3n) is 2.92. The third kappa shape index (κ3) is 3.95. The molecule has 102 valence electrons. The Balaban J connectivity index is 2.21. The normalized spacial score (nSPS) is 10.6. The molecule has 0 spiro atoms. The van der Waals surface area contributed by atoms with Crippen molar-refractivity contribution < 1.29 is 0 Å². The maximum Gasteiger partial charge on any atom is 0.190 e. The van der Waals surface area contributed by atoms with Crippen LogP contribution in [0.2, 0.25) is 0 Å². The van der Waals surface area contributed by atoms with Crippen molar-refractivity contribution in [1.82, 2.24) is 4.98 Å². The standard InChI is InChI=1S/C15H19ClN2S/c1-2-3-11-18(14-7-5-4-6-8-14)15-17-13(9-10-16)12-19-15/h4-8,12H,2-3,9-11H2,1H3. The topological polar surface area (TPSA) is 16.1 Å². The molecule has 2 nitrogen and oxygen atoms in total. The molecule has 0 amide bonds. The van der Waals surface area contributed by atoms with Crippen molar-refractivity contribution in [2.45, 2.75) is 26.2 Å². The van der Waals surface area contributed by atoms with Crippen LogP contribution in [0.4, 0.5) is 10.8 Å². The molecule has 1 aromatic heterocycles. The summed E-state index contributed by atoms with van der Waals surface area (Å²) in [5.41, 5.74) is 2.30. The van der Waals surface area contributed by atoms with Gasteiger partial charge in [0.15, 0.2) is 5.13 Å². The number of rotatable bonds is 7. The Bertz CT molecular complexity index is 484. The first-order valence-electron chi connectivity index (χ1n) is 6.68. The van der Waals surface area contributed by atoms with Crippen LogP contribution < -0.4 is 4.90 Å². The van der Waals surface area contributed by atoms with E-state index in [2.05, 4.69) is 46.5 Å². The minimum Gasteiger partial charge on any atom is -0.318 e. The van der Waals surface area contributed by atoms with Gasteiger partial charge in [0.2, 0.25) is 0 Å². The van der Waals surface area contributed by atoms with Crippen LogP contribution in [0.25, 0.3) is 0 Å². The van der Waals surface area contributed by atoms with Gasteiger partial charge in [0.25, 0.3) is 0 Å². The van der Waals surface area contributed by atoms with Crippen molar-refractivity contribution in [3.05, 3.63) is 41.4 Å². The number of aromatic nitrogens is 1. The van der Waals surface area contributed by atoms with E-state index in [1.807, 2.05) is 6.07 Å². The summed E-state index contributed by atoms with van der Waals surface area (Å²) < 4.78 is 0. The van der Waals surface area contributed by atoms with Gasteiger partial charge in [0, 0.05) is 29.9 Å². The highest BCUT2D eigenvalue weighted by Gasteiger charge is 2.12. The highest BCUT2D eigenvalue weighted by Crippen LogP contribution is 2.29. The Morgan fingerprint density at radius 3 is 2.74 bits per heavy atom. The van der Waals surface area contributed by atoms with Gasteiger partial charge < -0.3 is 4.90 Å². The number of nitrogens with zero attached hydrogens (tertiary/aromatic N) is 2. The number of para-hydroxylation sites is 1. The molecular formula is C15H19ClN2S. The second-order valence-electron chi connectivity index (χ2n) is 4.40. The number of hydrogen-bond donors (Lipinski definition) is 0. The van der Waals surface area contributed by atoms with Crippen molar-refractivity contribution in [1.29, 1.82) is 0 Å². The molecule has 0 aliphatic carbocycles. The van der Waals surface area contributed by atoms with Crippen molar-refractivity contribution in [2.24, 2.45) is 0 Å². The van der Waals surface area contributed by atoms with Gasteiger partial charge in [-0.25, -0.2) is 4.98 Å². The molecule has 0 N–H and O–H groups in total. The van der Waals surface area contributed by atoms with Gasteiger partial charge in [0.05, 0.1) is 5.69 Å². The zero-order valence-electron chi connectivity index (χ0n) is 11.2. The Hall–Kier alpha value is -1.06. The molecule has 0 bridgehead atoms. The molecule has 0 atom stereocenters. The molecule has 0 saturated heterocycles. The molecule has 0 radical (unpaired) electrons. The largest absolute Gasteiger partial charge is 0.318 e. The lowest BCUT2D eigenvalue weighted by molar-refractivity contribution is 0.783. The van der Waals surface area contributed by atoms with E-state index in [1.54, 1.807) is 11.3 Å². The van der Waals surface area contributed by atoms with Gasteiger partial charge in [0.1, 0.15) is 0 Å². The molecule has 0 unspecified atom stereocenters. The van der Waals surface area contributed by atoms with Crippen LogP contribution in [0, 0.1) is 0 Å². The zero-order valence-corrected chi connectivity index (χ0v) is 12.8. The van der Waals surface area contributed by atoms with E-state index < -0.39 is 0 Å². The number of aryl methyl sites for hydroxylation is 1. The zero-order chi connectivity index (χ0) is 13.5. The van der Waals surface area contributed by atoms with Crippen molar-refractivity contribution >= 4 is 33.8 Å². The fourth-order valence-electron chi connectivity index (χ4n) is 1.89. The van der Waals surface area contributed by atoms with E-state index in [-0.39, 0.29) is 0 Å². The molecule has 0 saturated carbocycles. The Morgan fingerprint density at radius 1 is 1.26 bits per heavy atom. The average Bonchev–Trinajstić information content (AvgIpc) is 2.89. The summed E-state index contributed by atoms with van der Waals surface area (Å²) in [4.78, 5) is 6.99. The molecule has 2 rings (SSSR count). The predicted octanol–water partition coefficient (Wildman–Crippen LogP) is 4.86. The lowest BCUT2D eigenvalue weighted by Crippen LogP contribution is -2.18. The lowest BCUT2D eigenvalue weighted by atomic mass is 10.2. The minimum absolute atomic E-state index is 0.628. The van der Waals surface area contributed by atoms with E-state index in [0.717, 1.165) is 23.8 Å². The molecule has 4 heteroatoms. The summed E-state index contributed by atoms with van der Waals surface area (Å²) in [7, 11) is 0. The molecule has 1 aromatic carbocycles. The van der Waals surface area contributed by atoms with Crippen molar-refractivity contribution in [3.63, 3.8) is 0 Å². The second-order valence-corrected chi connectivity index (χ2v) is 5.62. The number of thiazole rings is 1. The van der Waals surface area contributed by atoms with Gasteiger partial charge in [-0.1, -0.05) is 31.5 Å². The molecular weight excluding hydrogens is 276 g/mol. The molecule has 1 heterocycles. The van der Waals surface area contributed by atoms with Gasteiger partial charge >= 0.3 is 0 Å². The Labute approximate surface area is 124 Å². The first-order valence-corrected chi connectivity index (χ1v) is 8.09. The van der Waals surface area contributed by atoms with E-state index >= 15 is 0 Å². The summed E-state index contributed by atoms with van der Waals surface area (Å²) >= 11 is 7.48. The first kappa shape index (κ1) is 14.4. The van der Waals surface area contributed by atoms with Crippen LogP contribution in [0.1, 0.15) is 25.5 Å². The summed E-state index contributed by atoms with van der Waals surface area (Å²) in [5, 5.41) is 3.18. The van der Waals surface area contributed by atoms with Crippen LogP contribution in [0.15, 0.2) is 35.7 Å². The number of unbranched alkanes of at least 4 members (excludes halogenated alkanes) is 1. The maximum absolute atomic E-state index is 5.78. The summed E-state index contributed by atoms with van der Waals surface area (Å²) in [5.74, 6) is 0.628. The number of anilines is 2. The molecule has 0 aliphatic rings. The highest BCUT2D eigenvalue weighted by molar-refractivity contribution is 7.13. The number of halogens is 1. The quantitative estimate of drug-likeness (QED) is 0.678. The van der Waals surface area contributed by atoms with Gasteiger partial charge in [-0.15, -0.1) is 22.9 Å². The average molecular weight is 295 g/mol. The van der Waals surface area contributed by atoms with Crippen LogP contribution in [-0.4, -0.2) is 17.4 Å². The molecule has 2 aromatic rings. The number of benzene rings is 1. The minimum atomic E-state index is 0.628. The summed E-state index contributed by atoms with van der Waals surface area (Å²) in [6.45, 7) is 3.22. The maximum atomic E-state index is 5.78. The first-order chi connectivity index (χ1) is 9.35. The summed E-state index contributed by atoms with van der Waals surface area (Å²) in [6, 6.07) is 10.5. The Morgan fingerprint density at radius 2 is 2.05 bits per heavy atom. The fraction of sp³-hybridized carbons (Fsp3) is 0.400. The van der Waals surface area contributed by atoms with Crippen LogP contribution in [0.5, 0.6) is 0 Å². The van der Waals surface area contributed by atoms with Crippen molar-refractivity contribution in [2.75, 3.05) is 17.3 Å². The van der Waals surface area contributed by atoms with E-state index in [9.17, 15) is 0 Å². The van der Waals surface area contributed by atoms with Gasteiger partial charge in [-0.2, -0.15) is 0 Å². The van der Waals surface area contributed by atoms with Gasteiger partial charge in [-0.3, -0.25) is 0 Å². The fourth-order valence-corrected chi connectivity index (χ4v) is 2.99. The SMILES string of the molecule is CCCCN(c1ccccc1)c1nc(CCCl)cs1. The van der Waals surface area contributed by atoms with Gasteiger partial charge in [-0.05, 0) is 18.6 Å². The third-order valence-corrected chi connectivity index (χ3v) is 4.03. The summed E-state index contributed by atoms with van der Waals surface area (Å²) in [6.07, 6.45) is 3.19. The molecule has 0 aliphatic heterocycles. The van der Waals surface area contributed by atoms with E-state index in [4.69, 9.17) is 11.6 Å². The van der Waals surface area contributed by atoms with Crippen LogP contribution in [-0.2, 0) is 6.42 Å². The monoisotopic (exact) mass is 294 g/mol. The Kier molecular flexibility index (Phi) is 5.67. The number of alkyl halides is 1. The second kappa shape index (κ2) is 7.51. The van der Waals surface area contributed by atoms with Crippen molar-refractivity contribution in [3.8, 4) is 0 Å².